The SMILES string of the molecule is Nc1cc(F)cc(SCC2CSc3ccccc32)c1. The molecule has 1 atom stereocenters. The van der Waals surface area contributed by atoms with Gasteiger partial charge < -0.3 is 5.73 Å². The maximum absolute atomic E-state index is 13.3. The van der Waals surface area contributed by atoms with Crippen LogP contribution in [0.4, 0.5) is 10.1 Å². The zero-order valence-electron chi connectivity index (χ0n) is 10.3. The quantitative estimate of drug-likeness (QED) is 0.671. The Morgan fingerprint density at radius 2 is 2.11 bits per heavy atom. The average molecular weight is 291 g/mol. The molecule has 2 aromatic carbocycles. The van der Waals surface area contributed by atoms with E-state index in [1.165, 1.54) is 16.5 Å². The Morgan fingerprint density at radius 1 is 1.26 bits per heavy atom. The monoisotopic (exact) mass is 291 g/mol. The Kier molecular flexibility index (Phi) is 3.71. The van der Waals surface area contributed by atoms with E-state index in [1.54, 1.807) is 17.8 Å². The van der Waals surface area contributed by atoms with Crippen molar-refractivity contribution in [3.63, 3.8) is 0 Å². The van der Waals surface area contributed by atoms with Crippen molar-refractivity contribution in [3.8, 4) is 0 Å². The molecule has 1 heterocycles. The molecule has 0 amide bonds. The number of hydrogen-bond acceptors (Lipinski definition) is 3. The number of nitrogens with two attached hydrogens (primary N) is 1. The number of nitrogen functional groups attached to an aromatic ring is 1. The van der Waals surface area contributed by atoms with Gasteiger partial charge in [0.2, 0.25) is 0 Å². The van der Waals surface area contributed by atoms with Crippen LogP contribution in [0.5, 0.6) is 0 Å². The van der Waals surface area contributed by atoms with Gasteiger partial charge in [0, 0.05) is 32.9 Å². The lowest BCUT2D eigenvalue weighted by molar-refractivity contribution is 0.625. The number of rotatable bonds is 3. The topological polar surface area (TPSA) is 26.0 Å². The molecule has 0 saturated carbocycles. The minimum Gasteiger partial charge on any atom is -0.399 e. The summed E-state index contributed by atoms with van der Waals surface area (Å²) in [6, 6.07) is 13.3. The average Bonchev–Trinajstić information content (AvgIpc) is 2.78. The molecule has 1 nitrogen and oxygen atoms in total. The van der Waals surface area contributed by atoms with Gasteiger partial charge in [-0.1, -0.05) is 18.2 Å². The highest BCUT2D eigenvalue weighted by Crippen LogP contribution is 2.41. The van der Waals surface area contributed by atoms with E-state index in [2.05, 4.69) is 24.3 Å². The number of fused-ring (bicyclic) bond motifs is 1. The van der Waals surface area contributed by atoms with E-state index in [4.69, 9.17) is 5.73 Å². The molecular weight excluding hydrogens is 277 g/mol. The number of hydrogen-bond donors (Lipinski definition) is 1. The number of benzene rings is 2. The van der Waals surface area contributed by atoms with Crippen LogP contribution in [0.3, 0.4) is 0 Å². The summed E-state index contributed by atoms with van der Waals surface area (Å²) in [4.78, 5) is 2.29. The van der Waals surface area contributed by atoms with Crippen molar-refractivity contribution in [2.24, 2.45) is 0 Å². The summed E-state index contributed by atoms with van der Waals surface area (Å²) in [6.07, 6.45) is 0. The van der Waals surface area contributed by atoms with Gasteiger partial charge in [-0.25, -0.2) is 4.39 Å². The van der Waals surface area contributed by atoms with Crippen molar-refractivity contribution in [2.75, 3.05) is 17.2 Å². The van der Waals surface area contributed by atoms with Crippen LogP contribution in [0.25, 0.3) is 0 Å². The first-order chi connectivity index (χ1) is 9.22. The molecule has 0 radical (unpaired) electrons. The van der Waals surface area contributed by atoms with E-state index < -0.39 is 0 Å². The molecule has 4 heteroatoms. The van der Waals surface area contributed by atoms with E-state index >= 15 is 0 Å². The van der Waals surface area contributed by atoms with Crippen LogP contribution in [0.2, 0.25) is 0 Å². The highest BCUT2D eigenvalue weighted by atomic mass is 32.2. The summed E-state index contributed by atoms with van der Waals surface area (Å²) in [5.41, 5.74) is 7.57. The summed E-state index contributed by atoms with van der Waals surface area (Å²) in [5, 5.41) is 0. The zero-order chi connectivity index (χ0) is 13.2. The number of anilines is 1. The van der Waals surface area contributed by atoms with Gasteiger partial charge in [0.05, 0.1) is 0 Å². The van der Waals surface area contributed by atoms with E-state index in [-0.39, 0.29) is 5.82 Å². The second-order valence-corrected chi connectivity index (χ2v) is 6.73. The molecule has 3 rings (SSSR count). The molecule has 19 heavy (non-hydrogen) atoms. The van der Waals surface area contributed by atoms with Crippen LogP contribution in [-0.2, 0) is 0 Å². The maximum Gasteiger partial charge on any atom is 0.126 e. The van der Waals surface area contributed by atoms with Gasteiger partial charge in [0.15, 0.2) is 0 Å². The summed E-state index contributed by atoms with van der Waals surface area (Å²) < 4.78 is 13.3. The third-order valence-corrected chi connectivity index (χ3v) is 5.53. The van der Waals surface area contributed by atoms with Crippen molar-refractivity contribution >= 4 is 29.2 Å². The predicted molar refractivity (Wildman–Crippen MR) is 81.4 cm³/mol. The fraction of sp³-hybridized carbons (Fsp3) is 0.200. The van der Waals surface area contributed by atoms with Gasteiger partial charge in [0.25, 0.3) is 0 Å². The van der Waals surface area contributed by atoms with Gasteiger partial charge in [0.1, 0.15) is 5.82 Å². The highest BCUT2D eigenvalue weighted by Gasteiger charge is 2.22. The van der Waals surface area contributed by atoms with Gasteiger partial charge in [-0.15, -0.1) is 23.5 Å². The van der Waals surface area contributed by atoms with Crippen LogP contribution in [-0.4, -0.2) is 11.5 Å². The summed E-state index contributed by atoms with van der Waals surface area (Å²) in [6.45, 7) is 0. The minimum absolute atomic E-state index is 0.260. The van der Waals surface area contributed by atoms with E-state index in [0.29, 0.717) is 11.6 Å². The first kappa shape index (κ1) is 12.9. The second kappa shape index (κ2) is 5.47. The van der Waals surface area contributed by atoms with Crippen LogP contribution in [0, 0.1) is 5.82 Å². The predicted octanol–water partition coefficient (Wildman–Crippen LogP) is 4.39. The molecule has 1 aliphatic heterocycles. The third kappa shape index (κ3) is 2.90. The van der Waals surface area contributed by atoms with E-state index in [9.17, 15) is 4.39 Å². The van der Waals surface area contributed by atoms with E-state index in [0.717, 1.165) is 16.4 Å². The summed E-state index contributed by atoms with van der Waals surface area (Å²) >= 11 is 3.58. The van der Waals surface area contributed by atoms with Crippen LogP contribution < -0.4 is 5.73 Å². The Hall–Kier alpha value is -1.13. The van der Waals surface area contributed by atoms with E-state index in [1.807, 2.05) is 17.8 Å². The Balaban J connectivity index is 1.70. The molecule has 1 unspecified atom stereocenters. The minimum atomic E-state index is -0.260. The van der Waals surface area contributed by atoms with Crippen molar-refractivity contribution in [1.29, 1.82) is 0 Å². The Morgan fingerprint density at radius 3 is 2.95 bits per heavy atom. The van der Waals surface area contributed by atoms with Crippen molar-refractivity contribution in [1.82, 2.24) is 0 Å². The van der Waals surface area contributed by atoms with Gasteiger partial charge in [-0.05, 0) is 29.8 Å². The molecule has 0 fully saturated rings. The molecule has 98 valence electrons. The molecular formula is C15H14FNS2. The molecule has 1 aliphatic rings. The third-order valence-electron chi connectivity index (χ3n) is 3.14. The fourth-order valence-corrected chi connectivity index (χ4v) is 4.74. The second-order valence-electron chi connectivity index (χ2n) is 4.58. The lowest BCUT2D eigenvalue weighted by Crippen LogP contribution is -2.00. The smallest absolute Gasteiger partial charge is 0.126 e. The molecule has 0 aliphatic carbocycles. The Labute approximate surface area is 120 Å². The molecule has 2 N–H and O–H groups in total. The van der Waals surface area contributed by atoms with Crippen molar-refractivity contribution in [3.05, 3.63) is 53.8 Å². The molecule has 0 saturated heterocycles. The zero-order valence-corrected chi connectivity index (χ0v) is 11.9. The molecule has 0 bridgehead atoms. The fourth-order valence-electron chi connectivity index (χ4n) is 2.23. The van der Waals surface area contributed by atoms with Crippen molar-refractivity contribution in [2.45, 2.75) is 15.7 Å². The molecule has 0 spiro atoms. The van der Waals surface area contributed by atoms with Crippen LogP contribution >= 0.6 is 23.5 Å². The maximum atomic E-state index is 13.3. The molecule has 0 aromatic heterocycles. The van der Waals surface area contributed by atoms with Gasteiger partial charge in [-0.2, -0.15) is 0 Å². The summed E-state index contributed by atoms with van der Waals surface area (Å²) in [5.74, 6) is 2.35. The lowest BCUT2D eigenvalue weighted by atomic mass is 10.0. The Bertz CT molecular complexity index is 580. The van der Waals surface area contributed by atoms with Crippen LogP contribution in [0.15, 0.2) is 52.3 Å². The van der Waals surface area contributed by atoms with Gasteiger partial charge >= 0.3 is 0 Å². The number of thioether (sulfide) groups is 2. The number of halogens is 1. The standard InChI is InChI=1S/C15H14FNS2/c16-11-5-12(17)7-13(6-11)18-8-10-9-19-15-4-2-1-3-14(10)15/h1-7,10H,8-9,17H2. The van der Waals surface area contributed by atoms with Crippen LogP contribution in [0.1, 0.15) is 11.5 Å². The van der Waals surface area contributed by atoms with Gasteiger partial charge in [-0.3, -0.25) is 0 Å². The highest BCUT2D eigenvalue weighted by molar-refractivity contribution is 8.00. The summed E-state index contributed by atoms with van der Waals surface area (Å²) in [7, 11) is 0. The first-order valence-corrected chi connectivity index (χ1v) is 8.10. The molecule has 2 aromatic rings. The van der Waals surface area contributed by atoms with Crippen molar-refractivity contribution < 1.29 is 4.39 Å². The lowest BCUT2D eigenvalue weighted by Gasteiger charge is -2.10. The largest absolute Gasteiger partial charge is 0.399 e. The normalized spacial score (nSPS) is 17.4. The first-order valence-electron chi connectivity index (χ1n) is 6.13.